The SMILES string of the molecule is CC(=O)N1CCCN(C(=O)c2ccccc2SC(C)C)CC1. The summed E-state index contributed by atoms with van der Waals surface area (Å²) in [5.74, 6) is 0.166. The number of hydrogen-bond donors (Lipinski definition) is 0. The standard InChI is InChI=1S/C17H24N2O2S/c1-13(2)22-16-8-5-4-7-15(16)17(21)19-10-6-9-18(11-12-19)14(3)20/h4-5,7-8,13H,6,9-12H2,1-3H3. The van der Waals surface area contributed by atoms with Crippen molar-refractivity contribution < 1.29 is 9.59 Å². The van der Waals surface area contributed by atoms with Crippen molar-refractivity contribution in [2.75, 3.05) is 26.2 Å². The first-order valence-corrected chi connectivity index (χ1v) is 8.67. The second-order valence-electron chi connectivity index (χ2n) is 5.81. The molecule has 1 fully saturated rings. The summed E-state index contributed by atoms with van der Waals surface area (Å²) in [7, 11) is 0. The molecule has 1 aromatic carbocycles. The minimum Gasteiger partial charge on any atom is -0.341 e. The molecule has 1 saturated heterocycles. The van der Waals surface area contributed by atoms with Crippen LogP contribution in [-0.4, -0.2) is 53.0 Å². The Morgan fingerprint density at radius 2 is 1.68 bits per heavy atom. The van der Waals surface area contributed by atoms with Crippen molar-refractivity contribution in [3.63, 3.8) is 0 Å². The average Bonchev–Trinajstić information content (AvgIpc) is 2.72. The summed E-state index contributed by atoms with van der Waals surface area (Å²) in [6.07, 6.45) is 0.838. The zero-order chi connectivity index (χ0) is 16.1. The fourth-order valence-electron chi connectivity index (χ4n) is 2.61. The minimum absolute atomic E-state index is 0.0779. The molecule has 0 unspecified atom stereocenters. The second kappa shape index (κ2) is 7.68. The lowest BCUT2D eigenvalue weighted by molar-refractivity contribution is -0.128. The lowest BCUT2D eigenvalue weighted by atomic mass is 10.2. The quantitative estimate of drug-likeness (QED) is 0.804. The van der Waals surface area contributed by atoms with Gasteiger partial charge < -0.3 is 9.80 Å². The Hall–Kier alpha value is -1.49. The van der Waals surface area contributed by atoms with Crippen LogP contribution in [0.3, 0.4) is 0 Å². The Balaban J connectivity index is 2.13. The molecule has 2 amide bonds. The molecule has 22 heavy (non-hydrogen) atoms. The molecule has 0 saturated carbocycles. The molecule has 120 valence electrons. The molecular weight excluding hydrogens is 296 g/mol. The van der Waals surface area contributed by atoms with Gasteiger partial charge in [-0.2, -0.15) is 0 Å². The van der Waals surface area contributed by atoms with Crippen LogP contribution in [0.4, 0.5) is 0 Å². The molecule has 0 spiro atoms. The van der Waals surface area contributed by atoms with Gasteiger partial charge in [0.1, 0.15) is 0 Å². The van der Waals surface area contributed by atoms with Crippen molar-refractivity contribution in [2.45, 2.75) is 37.3 Å². The van der Waals surface area contributed by atoms with Crippen LogP contribution in [0.15, 0.2) is 29.2 Å². The monoisotopic (exact) mass is 320 g/mol. The van der Waals surface area contributed by atoms with Gasteiger partial charge in [0, 0.05) is 43.2 Å². The van der Waals surface area contributed by atoms with Gasteiger partial charge in [-0.25, -0.2) is 0 Å². The molecule has 1 aliphatic rings. The third kappa shape index (κ3) is 4.26. The topological polar surface area (TPSA) is 40.6 Å². The van der Waals surface area contributed by atoms with Crippen molar-refractivity contribution in [1.29, 1.82) is 0 Å². The highest BCUT2D eigenvalue weighted by Gasteiger charge is 2.23. The highest BCUT2D eigenvalue weighted by atomic mass is 32.2. The highest BCUT2D eigenvalue weighted by Crippen LogP contribution is 2.27. The third-order valence-electron chi connectivity index (χ3n) is 3.71. The number of hydrogen-bond acceptors (Lipinski definition) is 3. The molecule has 1 aromatic rings. The molecule has 5 heteroatoms. The fourth-order valence-corrected chi connectivity index (χ4v) is 3.55. The summed E-state index contributed by atoms with van der Waals surface area (Å²) >= 11 is 1.72. The van der Waals surface area contributed by atoms with Crippen molar-refractivity contribution in [3.05, 3.63) is 29.8 Å². The van der Waals surface area contributed by atoms with E-state index in [1.807, 2.05) is 34.1 Å². The maximum absolute atomic E-state index is 12.8. The van der Waals surface area contributed by atoms with Crippen molar-refractivity contribution in [3.8, 4) is 0 Å². The van der Waals surface area contributed by atoms with Crippen LogP contribution >= 0.6 is 11.8 Å². The molecule has 0 bridgehead atoms. The number of nitrogens with zero attached hydrogens (tertiary/aromatic N) is 2. The van der Waals surface area contributed by atoms with E-state index >= 15 is 0 Å². The summed E-state index contributed by atoms with van der Waals surface area (Å²) in [4.78, 5) is 29.1. The molecule has 0 N–H and O–H groups in total. The number of benzene rings is 1. The van der Waals surface area contributed by atoms with Gasteiger partial charge in [-0.05, 0) is 18.6 Å². The number of rotatable bonds is 3. The molecule has 0 atom stereocenters. The lowest BCUT2D eigenvalue weighted by Gasteiger charge is -2.22. The Morgan fingerprint density at radius 1 is 1.05 bits per heavy atom. The molecule has 2 rings (SSSR count). The van der Waals surface area contributed by atoms with Crippen LogP contribution < -0.4 is 0 Å². The smallest absolute Gasteiger partial charge is 0.255 e. The molecular formula is C17H24N2O2S. The number of amides is 2. The molecule has 0 radical (unpaired) electrons. The van der Waals surface area contributed by atoms with Crippen molar-refractivity contribution in [1.82, 2.24) is 9.80 Å². The first-order chi connectivity index (χ1) is 10.5. The molecule has 0 aromatic heterocycles. The lowest BCUT2D eigenvalue weighted by Crippen LogP contribution is -2.36. The summed E-state index contributed by atoms with van der Waals surface area (Å²) < 4.78 is 0. The van der Waals surface area contributed by atoms with Crippen molar-refractivity contribution in [2.24, 2.45) is 0 Å². The van der Waals surface area contributed by atoms with Gasteiger partial charge in [0.2, 0.25) is 5.91 Å². The summed E-state index contributed by atoms with van der Waals surface area (Å²) in [6, 6.07) is 7.80. The van der Waals surface area contributed by atoms with E-state index in [1.165, 1.54) is 0 Å². The Labute approximate surface area is 136 Å². The van der Waals surface area contributed by atoms with Crippen LogP contribution in [0.25, 0.3) is 0 Å². The third-order valence-corrected chi connectivity index (χ3v) is 4.79. The summed E-state index contributed by atoms with van der Waals surface area (Å²) in [6.45, 7) is 8.53. The summed E-state index contributed by atoms with van der Waals surface area (Å²) in [5.41, 5.74) is 0.775. The van der Waals surface area contributed by atoms with Gasteiger partial charge in [-0.1, -0.05) is 26.0 Å². The van der Waals surface area contributed by atoms with Crippen LogP contribution in [0.2, 0.25) is 0 Å². The van der Waals surface area contributed by atoms with Crippen LogP contribution in [0, 0.1) is 0 Å². The minimum atomic E-state index is 0.0779. The number of carbonyl (C=O) groups is 2. The Bertz CT molecular complexity index is 545. The molecule has 0 aliphatic carbocycles. The number of thioether (sulfide) groups is 1. The van der Waals surface area contributed by atoms with E-state index in [9.17, 15) is 9.59 Å². The highest BCUT2D eigenvalue weighted by molar-refractivity contribution is 8.00. The largest absolute Gasteiger partial charge is 0.341 e. The normalized spacial score (nSPS) is 15.8. The fraction of sp³-hybridized carbons (Fsp3) is 0.529. The average molecular weight is 320 g/mol. The first-order valence-electron chi connectivity index (χ1n) is 7.79. The van der Waals surface area contributed by atoms with Gasteiger partial charge in [0.25, 0.3) is 5.91 Å². The van der Waals surface area contributed by atoms with E-state index in [4.69, 9.17) is 0 Å². The van der Waals surface area contributed by atoms with Crippen LogP contribution in [0.5, 0.6) is 0 Å². The maximum Gasteiger partial charge on any atom is 0.255 e. The zero-order valence-corrected chi connectivity index (χ0v) is 14.4. The predicted molar refractivity (Wildman–Crippen MR) is 90.2 cm³/mol. The van der Waals surface area contributed by atoms with E-state index < -0.39 is 0 Å². The van der Waals surface area contributed by atoms with Gasteiger partial charge in [0.15, 0.2) is 0 Å². The zero-order valence-electron chi connectivity index (χ0n) is 13.5. The number of carbonyl (C=O) groups excluding carboxylic acids is 2. The first kappa shape index (κ1) is 16.9. The predicted octanol–water partition coefficient (Wildman–Crippen LogP) is 2.88. The van der Waals surface area contributed by atoms with Crippen LogP contribution in [-0.2, 0) is 4.79 Å². The van der Waals surface area contributed by atoms with E-state index in [0.717, 1.165) is 23.4 Å². The summed E-state index contributed by atoms with van der Waals surface area (Å²) in [5, 5.41) is 0.436. The Kier molecular flexibility index (Phi) is 5.89. The molecule has 4 nitrogen and oxygen atoms in total. The van der Waals surface area contributed by atoms with Gasteiger partial charge >= 0.3 is 0 Å². The van der Waals surface area contributed by atoms with Gasteiger partial charge in [-0.3, -0.25) is 9.59 Å². The van der Waals surface area contributed by atoms with Crippen LogP contribution in [0.1, 0.15) is 37.6 Å². The van der Waals surface area contributed by atoms with E-state index in [2.05, 4.69) is 13.8 Å². The molecule has 1 aliphatic heterocycles. The van der Waals surface area contributed by atoms with E-state index in [-0.39, 0.29) is 11.8 Å². The van der Waals surface area contributed by atoms with Gasteiger partial charge in [-0.15, -0.1) is 11.8 Å². The van der Waals surface area contributed by atoms with Crippen molar-refractivity contribution >= 4 is 23.6 Å². The molecule has 1 heterocycles. The van der Waals surface area contributed by atoms with Gasteiger partial charge in [0.05, 0.1) is 5.56 Å². The van der Waals surface area contributed by atoms with E-state index in [0.29, 0.717) is 24.9 Å². The Morgan fingerprint density at radius 3 is 2.36 bits per heavy atom. The maximum atomic E-state index is 12.8. The van der Waals surface area contributed by atoms with E-state index in [1.54, 1.807) is 18.7 Å². The second-order valence-corrected chi connectivity index (χ2v) is 7.43.